The molecule has 1 aliphatic carbocycles. The summed E-state index contributed by atoms with van der Waals surface area (Å²) in [5, 5.41) is 13.6. The number of rotatable bonds is 5. The van der Waals surface area contributed by atoms with Gasteiger partial charge in [0, 0.05) is 19.1 Å². The molecule has 1 saturated carbocycles. The first-order valence-corrected chi connectivity index (χ1v) is 7.39. The molecule has 0 aromatic heterocycles. The van der Waals surface area contributed by atoms with Gasteiger partial charge in [0.25, 0.3) is 0 Å². The molecule has 0 aromatic carbocycles. The Kier molecular flexibility index (Phi) is 4.82. The van der Waals surface area contributed by atoms with Gasteiger partial charge in [-0.15, -0.1) is 0 Å². The van der Waals surface area contributed by atoms with Gasteiger partial charge in [0.15, 0.2) is 0 Å². The van der Waals surface area contributed by atoms with Crippen LogP contribution in [0, 0.1) is 0 Å². The van der Waals surface area contributed by atoms with Gasteiger partial charge in [-0.2, -0.15) is 0 Å². The lowest BCUT2D eigenvalue weighted by atomic mass is 9.80. The lowest BCUT2D eigenvalue weighted by molar-refractivity contribution is -0.0344. The highest BCUT2D eigenvalue weighted by atomic mass is 16.3. The van der Waals surface area contributed by atoms with Crippen LogP contribution in [0.3, 0.4) is 0 Å². The number of nitrogens with one attached hydrogen (secondary N) is 1. The molecule has 104 valence electrons. The van der Waals surface area contributed by atoms with E-state index in [1.165, 1.54) is 37.9 Å². The van der Waals surface area contributed by atoms with Gasteiger partial charge in [-0.05, 0) is 59.0 Å². The van der Waals surface area contributed by atoms with Gasteiger partial charge < -0.3 is 10.4 Å². The summed E-state index contributed by atoms with van der Waals surface area (Å²) in [6.45, 7) is 8.58. The van der Waals surface area contributed by atoms with E-state index in [9.17, 15) is 5.11 Å². The third-order valence-corrected chi connectivity index (χ3v) is 4.35. The molecule has 2 rings (SSSR count). The van der Waals surface area contributed by atoms with Crippen LogP contribution in [0.1, 0.15) is 46.0 Å². The van der Waals surface area contributed by atoms with Crippen LogP contribution in [0.2, 0.25) is 0 Å². The van der Waals surface area contributed by atoms with Gasteiger partial charge in [-0.25, -0.2) is 0 Å². The summed E-state index contributed by atoms with van der Waals surface area (Å²) in [7, 11) is 0. The summed E-state index contributed by atoms with van der Waals surface area (Å²) in [4.78, 5) is 2.52. The average Bonchev–Trinajstić information content (AvgIpc) is 2.33. The summed E-state index contributed by atoms with van der Waals surface area (Å²) in [5.41, 5.74) is 1.03. The van der Waals surface area contributed by atoms with Crippen LogP contribution < -0.4 is 5.32 Å². The van der Waals surface area contributed by atoms with Crippen molar-refractivity contribution in [3.05, 3.63) is 11.6 Å². The minimum absolute atomic E-state index is 0.376. The lowest BCUT2D eigenvalue weighted by Gasteiger charge is -2.39. The van der Waals surface area contributed by atoms with Gasteiger partial charge in [-0.1, -0.05) is 11.6 Å². The van der Waals surface area contributed by atoms with Crippen LogP contribution in [0.15, 0.2) is 11.6 Å². The van der Waals surface area contributed by atoms with E-state index >= 15 is 0 Å². The Morgan fingerprint density at radius 3 is 2.50 bits per heavy atom. The van der Waals surface area contributed by atoms with Crippen LogP contribution >= 0.6 is 0 Å². The fourth-order valence-corrected chi connectivity index (χ4v) is 2.73. The Hall–Kier alpha value is -0.380. The summed E-state index contributed by atoms with van der Waals surface area (Å²) < 4.78 is 0. The maximum Gasteiger partial charge on any atom is 0.0771 e. The summed E-state index contributed by atoms with van der Waals surface area (Å²) in [6.07, 6.45) is 7.91. The standard InChI is InChI=1S/C15H28N2O/c1-13(2)4-9-17-10-5-14(6-11-17)16-12-15(18)7-3-8-15/h4,14,16,18H,3,5-12H2,1-2H3. The first-order chi connectivity index (χ1) is 8.57. The Morgan fingerprint density at radius 1 is 1.33 bits per heavy atom. The molecule has 0 spiro atoms. The second-order valence-corrected chi connectivity index (χ2v) is 6.32. The van der Waals surface area contributed by atoms with Crippen LogP contribution in [-0.2, 0) is 0 Å². The van der Waals surface area contributed by atoms with Crippen molar-refractivity contribution >= 4 is 0 Å². The van der Waals surface area contributed by atoms with E-state index in [1.807, 2.05) is 0 Å². The molecule has 0 aromatic rings. The number of nitrogens with zero attached hydrogens (tertiary/aromatic N) is 1. The van der Waals surface area contributed by atoms with E-state index in [0.717, 1.165) is 25.9 Å². The normalized spacial score (nSPS) is 24.6. The SMILES string of the molecule is CC(C)=CCN1CCC(NCC2(O)CCC2)CC1. The first-order valence-electron chi connectivity index (χ1n) is 7.39. The lowest BCUT2D eigenvalue weighted by Crippen LogP contribution is -2.51. The van der Waals surface area contributed by atoms with E-state index in [-0.39, 0.29) is 5.60 Å². The minimum atomic E-state index is -0.376. The molecule has 0 radical (unpaired) electrons. The van der Waals surface area contributed by atoms with Crippen molar-refractivity contribution < 1.29 is 5.11 Å². The zero-order chi connectivity index (χ0) is 13.0. The van der Waals surface area contributed by atoms with E-state index in [1.54, 1.807) is 0 Å². The third-order valence-electron chi connectivity index (χ3n) is 4.35. The van der Waals surface area contributed by atoms with Crippen LogP contribution in [0.25, 0.3) is 0 Å². The summed E-state index contributed by atoms with van der Waals surface area (Å²) >= 11 is 0. The molecule has 0 bridgehead atoms. The molecule has 1 saturated heterocycles. The Bertz CT molecular complexity index is 285. The zero-order valence-corrected chi connectivity index (χ0v) is 11.9. The van der Waals surface area contributed by atoms with Gasteiger partial charge in [0.05, 0.1) is 5.60 Å². The van der Waals surface area contributed by atoms with Crippen molar-refractivity contribution in [1.29, 1.82) is 0 Å². The topological polar surface area (TPSA) is 35.5 Å². The Balaban J connectivity index is 1.62. The summed E-state index contributed by atoms with van der Waals surface area (Å²) in [5.74, 6) is 0. The minimum Gasteiger partial charge on any atom is -0.389 e. The van der Waals surface area contributed by atoms with Crippen molar-refractivity contribution in [2.24, 2.45) is 0 Å². The molecule has 1 heterocycles. The summed E-state index contributed by atoms with van der Waals surface area (Å²) in [6, 6.07) is 0.609. The molecule has 0 atom stereocenters. The zero-order valence-electron chi connectivity index (χ0n) is 11.9. The fourth-order valence-electron chi connectivity index (χ4n) is 2.73. The van der Waals surface area contributed by atoms with Crippen molar-refractivity contribution in [2.75, 3.05) is 26.2 Å². The molecule has 3 nitrogen and oxygen atoms in total. The highest BCUT2D eigenvalue weighted by Gasteiger charge is 2.34. The van der Waals surface area contributed by atoms with E-state index < -0.39 is 0 Å². The molecule has 0 unspecified atom stereocenters. The largest absolute Gasteiger partial charge is 0.389 e. The number of aliphatic hydroxyl groups is 1. The number of likely N-dealkylation sites (tertiary alicyclic amines) is 1. The van der Waals surface area contributed by atoms with E-state index in [4.69, 9.17) is 0 Å². The second kappa shape index (κ2) is 6.18. The molecular formula is C15H28N2O. The smallest absolute Gasteiger partial charge is 0.0771 e. The van der Waals surface area contributed by atoms with Crippen molar-refractivity contribution in [1.82, 2.24) is 10.2 Å². The highest BCUT2D eigenvalue weighted by Crippen LogP contribution is 2.30. The Labute approximate surface area is 111 Å². The van der Waals surface area contributed by atoms with E-state index in [0.29, 0.717) is 6.04 Å². The highest BCUT2D eigenvalue weighted by molar-refractivity contribution is 4.96. The molecule has 18 heavy (non-hydrogen) atoms. The quantitative estimate of drug-likeness (QED) is 0.734. The molecule has 2 fully saturated rings. The molecular weight excluding hydrogens is 224 g/mol. The second-order valence-electron chi connectivity index (χ2n) is 6.32. The van der Waals surface area contributed by atoms with Crippen molar-refractivity contribution in [3.8, 4) is 0 Å². The van der Waals surface area contributed by atoms with Crippen LogP contribution in [-0.4, -0.2) is 47.8 Å². The maximum absolute atomic E-state index is 10.1. The predicted molar refractivity (Wildman–Crippen MR) is 75.7 cm³/mol. The van der Waals surface area contributed by atoms with Crippen LogP contribution in [0.4, 0.5) is 0 Å². The number of hydrogen-bond acceptors (Lipinski definition) is 3. The van der Waals surface area contributed by atoms with Gasteiger partial charge in [-0.3, -0.25) is 4.90 Å². The monoisotopic (exact) mass is 252 g/mol. The van der Waals surface area contributed by atoms with Gasteiger partial charge in [0.2, 0.25) is 0 Å². The molecule has 2 aliphatic rings. The third kappa shape index (κ3) is 4.08. The van der Waals surface area contributed by atoms with Crippen LogP contribution in [0.5, 0.6) is 0 Å². The fraction of sp³-hybridized carbons (Fsp3) is 0.867. The Morgan fingerprint density at radius 2 is 2.00 bits per heavy atom. The van der Waals surface area contributed by atoms with Crippen molar-refractivity contribution in [2.45, 2.75) is 57.6 Å². The number of hydrogen-bond donors (Lipinski definition) is 2. The predicted octanol–water partition coefficient (Wildman–Crippen LogP) is 1.92. The maximum atomic E-state index is 10.1. The van der Waals surface area contributed by atoms with Gasteiger partial charge in [0.1, 0.15) is 0 Å². The molecule has 0 amide bonds. The van der Waals surface area contributed by atoms with Crippen molar-refractivity contribution in [3.63, 3.8) is 0 Å². The van der Waals surface area contributed by atoms with E-state index in [2.05, 4.69) is 30.1 Å². The number of allylic oxidation sites excluding steroid dienone is 1. The first kappa shape index (κ1) is 14.0. The number of piperidine rings is 1. The molecule has 2 N–H and O–H groups in total. The molecule has 3 heteroatoms. The van der Waals surface area contributed by atoms with Gasteiger partial charge >= 0.3 is 0 Å². The average molecular weight is 252 g/mol. The molecule has 1 aliphatic heterocycles.